The number of non-ortho nitro benzene ring substituents is 1. The molecule has 0 unspecified atom stereocenters. The summed E-state index contributed by atoms with van der Waals surface area (Å²) in [5.41, 5.74) is 1.23. The molecule has 1 amide bonds. The van der Waals surface area contributed by atoms with Crippen molar-refractivity contribution in [2.24, 2.45) is 0 Å². The number of aryl methyl sites for hydroxylation is 1. The smallest absolute Gasteiger partial charge is 0.326 e. The fraction of sp³-hybridized carbons (Fsp3) is 0.211. The zero-order valence-corrected chi connectivity index (χ0v) is 14.8. The van der Waals surface area contributed by atoms with Gasteiger partial charge < -0.3 is 10.1 Å². The highest BCUT2D eigenvalue weighted by atomic mass is 16.6. The highest BCUT2D eigenvalue weighted by Gasteiger charge is 2.20. The number of esters is 1. The second kappa shape index (κ2) is 8.70. The number of Topliss-reactive ketones (excluding diaryl/α,β-unsaturated/α-hetero) is 1. The molecule has 1 atom stereocenters. The van der Waals surface area contributed by atoms with Gasteiger partial charge in [-0.05, 0) is 19.9 Å². The Bertz CT molecular complexity index is 876. The van der Waals surface area contributed by atoms with Crippen molar-refractivity contribution in [2.45, 2.75) is 20.0 Å². The van der Waals surface area contributed by atoms with Crippen molar-refractivity contribution in [1.82, 2.24) is 5.32 Å². The molecule has 0 bridgehead atoms. The Hall–Kier alpha value is -3.55. The average Bonchev–Trinajstić information content (AvgIpc) is 2.66. The SMILES string of the molecule is Cc1ccc(C(=O)[C@H](C)OC(=O)CNC(=O)c2cccc([N+](=O)[O-])c2)cc1. The van der Waals surface area contributed by atoms with Crippen LogP contribution >= 0.6 is 0 Å². The molecule has 8 heteroatoms. The molecular formula is C19H18N2O6. The molecule has 0 aliphatic heterocycles. The first kappa shape index (κ1) is 19.8. The van der Waals surface area contributed by atoms with Crippen molar-refractivity contribution in [3.63, 3.8) is 0 Å². The topological polar surface area (TPSA) is 116 Å². The van der Waals surface area contributed by atoms with Crippen molar-refractivity contribution in [3.05, 3.63) is 75.3 Å². The molecule has 0 fully saturated rings. The molecule has 1 N–H and O–H groups in total. The molecule has 0 saturated carbocycles. The Kier molecular flexibility index (Phi) is 6.37. The first-order valence-corrected chi connectivity index (χ1v) is 8.11. The van der Waals surface area contributed by atoms with E-state index in [9.17, 15) is 24.5 Å². The molecule has 27 heavy (non-hydrogen) atoms. The van der Waals surface area contributed by atoms with Gasteiger partial charge in [0.1, 0.15) is 6.54 Å². The van der Waals surface area contributed by atoms with Gasteiger partial charge in [-0.2, -0.15) is 0 Å². The van der Waals surface area contributed by atoms with Gasteiger partial charge in [-0.3, -0.25) is 24.5 Å². The first-order chi connectivity index (χ1) is 12.8. The average molecular weight is 370 g/mol. The van der Waals surface area contributed by atoms with E-state index >= 15 is 0 Å². The number of nitrogens with zero attached hydrogens (tertiary/aromatic N) is 1. The lowest BCUT2D eigenvalue weighted by atomic mass is 10.1. The fourth-order valence-corrected chi connectivity index (χ4v) is 2.26. The zero-order valence-electron chi connectivity index (χ0n) is 14.8. The summed E-state index contributed by atoms with van der Waals surface area (Å²) in [5, 5.41) is 13.0. The second-order valence-corrected chi connectivity index (χ2v) is 5.85. The summed E-state index contributed by atoms with van der Waals surface area (Å²) in [6.07, 6.45) is -1.00. The van der Waals surface area contributed by atoms with Crippen LogP contribution in [0.1, 0.15) is 33.2 Å². The van der Waals surface area contributed by atoms with E-state index in [1.165, 1.54) is 25.1 Å². The maximum Gasteiger partial charge on any atom is 0.326 e. The van der Waals surface area contributed by atoms with Crippen LogP contribution in [0.4, 0.5) is 5.69 Å². The summed E-state index contributed by atoms with van der Waals surface area (Å²) in [7, 11) is 0. The Morgan fingerprint density at radius 2 is 1.78 bits per heavy atom. The van der Waals surface area contributed by atoms with E-state index in [4.69, 9.17) is 4.74 Å². The molecule has 8 nitrogen and oxygen atoms in total. The molecular weight excluding hydrogens is 352 g/mol. The minimum atomic E-state index is -1.00. The van der Waals surface area contributed by atoms with E-state index in [0.717, 1.165) is 11.6 Å². The zero-order chi connectivity index (χ0) is 20.0. The van der Waals surface area contributed by atoms with Crippen LogP contribution in [-0.4, -0.2) is 35.2 Å². The van der Waals surface area contributed by atoms with Crippen LogP contribution in [-0.2, 0) is 9.53 Å². The number of nitrogens with one attached hydrogen (secondary N) is 1. The molecule has 0 radical (unpaired) electrons. The number of hydrogen-bond donors (Lipinski definition) is 1. The van der Waals surface area contributed by atoms with E-state index < -0.39 is 29.4 Å². The molecule has 0 aromatic heterocycles. The summed E-state index contributed by atoms with van der Waals surface area (Å²) < 4.78 is 5.03. The number of carbonyl (C=O) groups is 3. The van der Waals surface area contributed by atoms with Crippen LogP contribution in [0.5, 0.6) is 0 Å². The highest BCUT2D eigenvalue weighted by Crippen LogP contribution is 2.13. The van der Waals surface area contributed by atoms with Gasteiger partial charge in [0.25, 0.3) is 11.6 Å². The van der Waals surface area contributed by atoms with Crippen LogP contribution in [0.3, 0.4) is 0 Å². The second-order valence-electron chi connectivity index (χ2n) is 5.85. The predicted molar refractivity (Wildman–Crippen MR) is 96.5 cm³/mol. The van der Waals surface area contributed by atoms with Crippen molar-refractivity contribution in [2.75, 3.05) is 6.54 Å². The Balaban J connectivity index is 1.89. The van der Waals surface area contributed by atoms with Gasteiger partial charge in [0, 0.05) is 23.3 Å². The quantitative estimate of drug-likeness (QED) is 0.346. The standard InChI is InChI=1S/C19H18N2O6/c1-12-6-8-14(9-7-12)18(23)13(2)27-17(22)11-20-19(24)15-4-3-5-16(10-15)21(25)26/h3-10,13H,11H2,1-2H3,(H,20,24)/t13-/m0/s1. The summed E-state index contributed by atoms with van der Waals surface area (Å²) in [5.74, 6) is -1.80. The van der Waals surface area contributed by atoms with E-state index in [2.05, 4.69) is 5.32 Å². The van der Waals surface area contributed by atoms with E-state index in [-0.39, 0.29) is 17.0 Å². The maximum atomic E-state index is 12.2. The number of carbonyl (C=O) groups excluding carboxylic acids is 3. The number of hydrogen-bond acceptors (Lipinski definition) is 6. The third-order valence-corrected chi connectivity index (χ3v) is 3.73. The minimum absolute atomic E-state index is 0.0424. The summed E-state index contributed by atoms with van der Waals surface area (Å²) in [4.78, 5) is 46.2. The number of nitro benzene ring substituents is 1. The fourth-order valence-electron chi connectivity index (χ4n) is 2.26. The summed E-state index contributed by atoms with van der Waals surface area (Å²) in [6.45, 7) is 2.87. The lowest BCUT2D eigenvalue weighted by Gasteiger charge is -2.13. The van der Waals surface area contributed by atoms with Gasteiger partial charge in [0.2, 0.25) is 5.78 Å². The van der Waals surface area contributed by atoms with Gasteiger partial charge in [-0.1, -0.05) is 35.9 Å². The minimum Gasteiger partial charge on any atom is -0.453 e. The largest absolute Gasteiger partial charge is 0.453 e. The van der Waals surface area contributed by atoms with Crippen molar-refractivity contribution >= 4 is 23.3 Å². The Morgan fingerprint density at radius 1 is 1.11 bits per heavy atom. The molecule has 0 aliphatic carbocycles. The molecule has 2 aromatic carbocycles. The lowest BCUT2D eigenvalue weighted by Crippen LogP contribution is -2.34. The molecule has 2 rings (SSSR count). The van der Waals surface area contributed by atoms with Gasteiger partial charge in [-0.15, -0.1) is 0 Å². The number of ketones is 1. The number of rotatable bonds is 7. The third-order valence-electron chi connectivity index (χ3n) is 3.73. The third kappa shape index (κ3) is 5.46. The number of nitro groups is 1. The van der Waals surface area contributed by atoms with E-state index in [0.29, 0.717) is 5.56 Å². The molecule has 0 heterocycles. The lowest BCUT2D eigenvalue weighted by molar-refractivity contribution is -0.384. The summed E-state index contributed by atoms with van der Waals surface area (Å²) >= 11 is 0. The van der Waals surface area contributed by atoms with Crippen LogP contribution in [0.2, 0.25) is 0 Å². The van der Waals surface area contributed by atoms with E-state index in [1.54, 1.807) is 24.3 Å². The number of ether oxygens (including phenoxy) is 1. The highest BCUT2D eigenvalue weighted by molar-refractivity contribution is 6.00. The van der Waals surface area contributed by atoms with Crippen molar-refractivity contribution < 1.29 is 24.0 Å². The van der Waals surface area contributed by atoms with Crippen LogP contribution in [0.25, 0.3) is 0 Å². The monoisotopic (exact) mass is 370 g/mol. The first-order valence-electron chi connectivity index (χ1n) is 8.11. The van der Waals surface area contributed by atoms with Crippen LogP contribution in [0.15, 0.2) is 48.5 Å². The number of benzene rings is 2. The van der Waals surface area contributed by atoms with Crippen molar-refractivity contribution in [1.29, 1.82) is 0 Å². The normalized spacial score (nSPS) is 11.3. The van der Waals surface area contributed by atoms with Gasteiger partial charge in [0.15, 0.2) is 6.10 Å². The van der Waals surface area contributed by atoms with Crippen molar-refractivity contribution in [3.8, 4) is 0 Å². The van der Waals surface area contributed by atoms with Gasteiger partial charge in [-0.25, -0.2) is 0 Å². The van der Waals surface area contributed by atoms with Crippen LogP contribution < -0.4 is 5.32 Å². The van der Waals surface area contributed by atoms with Gasteiger partial charge >= 0.3 is 5.97 Å². The molecule has 0 saturated heterocycles. The molecule has 0 spiro atoms. The molecule has 0 aliphatic rings. The Morgan fingerprint density at radius 3 is 2.41 bits per heavy atom. The Labute approximate surface area is 155 Å². The predicted octanol–water partition coefficient (Wildman–Crippen LogP) is 2.45. The van der Waals surface area contributed by atoms with E-state index in [1.807, 2.05) is 6.92 Å². The van der Waals surface area contributed by atoms with Crippen LogP contribution in [0, 0.1) is 17.0 Å². The molecule has 2 aromatic rings. The summed E-state index contributed by atoms with van der Waals surface area (Å²) in [6, 6.07) is 12.0. The van der Waals surface area contributed by atoms with Gasteiger partial charge in [0.05, 0.1) is 4.92 Å². The number of amides is 1. The molecule has 140 valence electrons. The maximum absolute atomic E-state index is 12.2.